The molecule has 0 radical (unpaired) electrons. The van der Waals surface area contributed by atoms with Crippen molar-refractivity contribution in [3.63, 3.8) is 0 Å². The number of H-pyrrole nitrogens is 1. The molecule has 1 amide bonds. The Morgan fingerprint density at radius 1 is 1.17 bits per heavy atom. The number of rotatable bonds is 6. The molecule has 4 rings (SSSR count). The topological polar surface area (TPSA) is 100 Å². The molecule has 3 N–H and O–H groups in total. The number of aromatic nitrogens is 1. The Kier molecular flexibility index (Phi) is 4.98. The molecule has 0 saturated carbocycles. The SMILES string of the molecule is O=C(NCC1COc2ccccc21)c1cc(S(=O)(=O)Nc2ccccc2F)c[nH]1. The number of hydrogen-bond acceptors (Lipinski definition) is 4. The van der Waals surface area contributed by atoms with Crippen LogP contribution in [-0.2, 0) is 10.0 Å². The van der Waals surface area contributed by atoms with Gasteiger partial charge in [0, 0.05) is 24.2 Å². The highest BCUT2D eigenvalue weighted by molar-refractivity contribution is 7.92. The molecule has 1 atom stereocenters. The van der Waals surface area contributed by atoms with E-state index in [4.69, 9.17) is 4.74 Å². The molecule has 0 spiro atoms. The third-order valence-electron chi connectivity index (χ3n) is 4.64. The fourth-order valence-corrected chi connectivity index (χ4v) is 4.18. The van der Waals surface area contributed by atoms with E-state index in [2.05, 4.69) is 15.0 Å². The fraction of sp³-hybridized carbons (Fsp3) is 0.150. The van der Waals surface area contributed by atoms with Gasteiger partial charge < -0.3 is 15.0 Å². The molecule has 2 heterocycles. The summed E-state index contributed by atoms with van der Waals surface area (Å²) in [6.07, 6.45) is 1.19. The Bertz CT molecular complexity index is 1160. The molecular weight excluding hydrogens is 397 g/mol. The summed E-state index contributed by atoms with van der Waals surface area (Å²) < 4.78 is 46.4. The van der Waals surface area contributed by atoms with E-state index in [1.165, 1.54) is 30.5 Å². The Labute approximate surface area is 167 Å². The van der Waals surface area contributed by atoms with Crippen molar-refractivity contribution < 1.29 is 22.3 Å². The maximum atomic E-state index is 13.7. The van der Waals surface area contributed by atoms with E-state index in [-0.39, 0.29) is 22.2 Å². The van der Waals surface area contributed by atoms with Gasteiger partial charge in [-0.15, -0.1) is 0 Å². The summed E-state index contributed by atoms with van der Waals surface area (Å²) in [6, 6.07) is 14.3. The van der Waals surface area contributed by atoms with Crippen LogP contribution in [0.15, 0.2) is 65.7 Å². The second kappa shape index (κ2) is 7.59. The van der Waals surface area contributed by atoms with Crippen molar-refractivity contribution in [2.45, 2.75) is 10.8 Å². The Morgan fingerprint density at radius 3 is 2.76 bits per heavy atom. The number of nitrogens with one attached hydrogen (secondary N) is 3. The maximum absolute atomic E-state index is 13.7. The normalized spacial score (nSPS) is 15.4. The van der Waals surface area contributed by atoms with E-state index >= 15 is 0 Å². The number of fused-ring (bicyclic) bond motifs is 1. The van der Waals surface area contributed by atoms with Crippen LogP contribution in [0.25, 0.3) is 0 Å². The molecule has 9 heteroatoms. The van der Waals surface area contributed by atoms with Crippen molar-refractivity contribution in [1.82, 2.24) is 10.3 Å². The molecule has 7 nitrogen and oxygen atoms in total. The number of halogens is 1. The molecule has 0 bridgehead atoms. The summed E-state index contributed by atoms with van der Waals surface area (Å²) in [7, 11) is -4.04. The predicted molar refractivity (Wildman–Crippen MR) is 105 cm³/mol. The molecule has 0 fully saturated rings. The van der Waals surface area contributed by atoms with Crippen molar-refractivity contribution in [1.29, 1.82) is 0 Å². The minimum Gasteiger partial charge on any atom is -0.493 e. The van der Waals surface area contributed by atoms with Crippen LogP contribution >= 0.6 is 0 Å². The predicted octanol–water partition coefficient (Wildman–Crippen LogP) is 2.86. The standard InChI is InChI=1S/C20H18FN3O4S/c21-16-6-2-3-7-17(16)24-29(26,27)14-9-18(22-11-14)20(25)23-10-13-12-28-19-8-4-1-5-15(13)19/h1-9,11,13,22,24H,10,12H2,(H,23,25). The van der Waals surface area contributed by atoms with Crippen LogP contribution in [0.4, 0.5) is 10.1 Å². The van der Waals surface area contributed by atoms with E-state index in [9.17, 15) is 17.6 Å². The van der Waals surface area contributed by atoms with Gasteiger partial charge in [0.1, 0.15) is 22.2 Å². The molecule has 150 valence electrons. The van der Waals surface area contributed by atoms with Crippen LogP contribution in [-0.4, -0.2) is 32.5 Å². The zero-order valence-electron chi connectivity index (χ0n) is 15.2. The molecule has 1 aliphatic heterocycles. The second-order valence-corrected chi connectivity index (χ2v) is 8.27. The number of para-hydroxylation sites is 2. The number of sulfonamides is 1. The van der Waals surface area contributed by atoms with Crippen molar-refractivity contribution in [3.8, 4) is 5.75 Å². The van der Waals surface area contributed by atoms with Crippen LogP contribution in [0, 0.1) is 5.82 Å². The molecule has 29 heavy (non-hydrogen) atoms. The van der Waals surface area contributed by atoms with Crippen LogP contribution in [0.3, 0.4) is 0 Å². The first kappa shape index (κ1) is 19.0. The van der Waals surface area contributed by atoms with E-state index in [1.807, 2.05) is 24.3 Å². The Hall–Kier alpha value is -3.33. The summed E-state index contributed by atoms with van der Waals surface area (Å²) in [6.45, 7) is 0.820. The van der Waals surface area contributed by atoms with Gasteiger partial charge >= 0.3 is 0 Å². The lowest BCUT2D eigenvalue weighted by Crippen LogP contribution is -2.29. The van der Waals surface area contributed by atoms with Crippen LogP contribution in [0.5, 0.6) is 5.75 Å². The van der Waals surface area contributed by atoms with Gasteiger partial charge in [-0.05, 0) is 24.3 Å². The van der Waals surface area contributed by atoms with Crippen LogP contribution < -0.4 is 14.8 Å². The maximum Gasteiger partial charge on any atom is 0.267 e. The zero-order valence-corrected chi connectivity index (χ0v) is 16.0. The fourth-order valence-electron chi connectivity index (χ4n) is 3.12. The van der Waals surface area contributed by atoms with E-state index in [0.29, 0.717) is 13.2 Å². The largest absolute Gasteiger partial charge is 0.493 e. The van der Waals surface area contributed by atoms with Crippen LogP contribution in [0.1, 0.15) is 22.0 Å². The lowest BCUT2D eigenvalue weighted by molar-refractivity contribution is 0.0945. The van der Waals surface area contributed by atoms with Gasteiger partial charge in [0.2, 0.25) is 0 Å². The first-order valence-corrected chi connectivity index (χ1v) is 10.4. The molecule has 0 saturated heterocycles. The quantitative estimate of drug-likeness (QED) is 0.576. The number of benzene rings is 2. The average molecular weight is 415 g/mol. The summed E-state index contributed by atoms with van der Waals surface area (Å²) >= 11 is 0. The van der Waals surface area contributed by atoms with Gasteiger partial charge in [-0.25, -0.2) is 12.8 Å². The van der Waals surface area contributed by atoms with Gasteiger partial charge in [-0.2, -0.15) is 0 Å². The number of amides is 1. The van der Waals surface area contributed by atoms with Crippen molar-refractivity contribution in [2.75, 3.05) is 17.9 Å². The van der Waals surface area contributed by atoms with E-state index < -0.39 is 21.7 Å². The molecule has 1 unspecified atom stereocenters. The molecule has 2 aromatic carbocycles. The number of anilines is 1. The highest BCUT2D eigenvalue weighted by Crippen LogP contribution is 2.32. The molecule has 3 aromatic rings. The van der Waals surface area contributed by atoms with E-state index in [1.54, 1.807) is 0 Å². The lowest BCUT2D eigenvalue weighted by atomic mass is 10.0. The third-order valence-corrected chi connectivity index (χ3v) is 5.98. The summed E-state index contributed by atoms with van der Waals surface area (Å²) in [5.41, 5.74) is 0.947. The summed E-state index contributed by atoms with van der Waals surface area (Å²) in [5, 5.41) is 2.78. The minimum absolute atomic E-state index is 0.0241. The Balaban J connectivity index is 1.42. The highest BCUT2D eigenvalue weighted by atomic mass is 32.2. The lowest BCUT2D eigenvalue weighted by Gasteiger charge is -2.10. The summed E-state index contributed by atoms with van der Waals surface area (Å²) in [5.74, 6) is -0.305. The number of carbonyl (C=O) groups excluding carboxylic acids is 1. The molecule has 1 aliphatic rings. The number of ether oxygens (including phenoxy) is 1. The second-order valence-electron chi connectivity index (χ2n) is 6.59. The average Bonchev–Trinajstić information content (AvgIpc) is 3.36. The Morgan fingerprint density at radius 2 is 1.93 bits per heavy atom. The van der Waals surface area contributed by atoms with Crippen molar-refractivity contribution >= 4 is 21.6 Å². The van der Waals surface area contributed by atoms with Crippen molar-refractivity contribution in [3.05, 3.63) is 77.9 Å². The van der Waals surface area contributed by atoms with Gasteiger partial charge in [0.25, 0.3) is 15.9 Å². The minimum atomic E-state index is -4.04. The molecule has 0 aliphatic carbocycles. The number of carbonyl (C=O) groups is 1. The van der Waals surface area contributed by atoms with Crippen molar-refractivity contribution in [2.24, 2.45) is 0 Å². The molecule has 1 aromatic heterocycles. The number of aromatic amines is 1. The van der Waals surface area contributed by atoms with Gasteiger partial charge in [0.15, 0.2) is 0 Å². The first-order valence-electron chi connectivity index (χ1n) is 8.90. The van der Waals surface area contributed by atoms with E-state index in [0.717, 1.165) is 17.4 Å². The van der Waals surface area contributed by atoms with Gasteiger partial charge in [-0.1, -0.05) is 30.3 Å². The zero-order chi connectivity index (χ0) is 20.4. The first-order chi connectivity index (χ1) is 13.9. The highest BCUT2D eigenvalue weighted by Gasteiger charge is 2.25. The monoisotopic (exact) mass is 415 g/mol. The van der Waals surface area contributed by atoms with Gasteiger partial charge in [0.05, 0.1) is 12.3 Å². The summed E-state index contributed by atoms with van der Waals surface area (Å²) in [4.78, 5) is 14.9. The third kappa shape index (κ3) is 3.95. The molecular formula is C20H18FN3O4S. The van der Waals surface area contributed by atoms with Gasteiger partial charge in [-0.3, -0.25) is 9.52 Å². The number of hydrogen-bond donors (Lipinski definition) is 3. The van der Waals surface area contributed by atoms with Crippen LogP contribution in [0.2, 0.25) is 0 Å². The smallest absolute Gasteiger partial charge is 0.267 e.